The van der Waals surface area contributed by atoms with Crippen LogP contribution in [0.15, 0.2) is 0 Å². The maximum atomic E-state index is 8.74. The molecule has 3 N–H and O–H groups in total. The zero-order valence-corrected chi connectivity index (χ0v) is 7.41. The molecular formula is C4H13NO5S. The van der Waals surface area contributed by atoms with Gasteiger partial charge in [0.05, 0.1) is 0 Å². The average molecular weight is 187 g/mol. The van der Waals surface area contributed by atoms with Gasteiger partial charge in [-0.15, -0.1) is 0 Å². The van der Waals surface area contributed by atoms with E-state index in [-0.39, 0.29) is 6.23 Å². The smallest absolute Gasteiger partial charge is 0.379 e. The monoisotopic (exact) mass is 187 g/mol. The van der Waals surface area contributed by atoms with E-state index >= 15 is 0 Å². The summed E-state index contributed by atoms with van der Waals surface area (Å²) in [6.07, 6.45) is -0.315. The molecule has 11 heavy (non-hydrogen) atoms. The topological polar surface area (TPSA) is 98.1 Å². The van der Waals surface area contributed by atoms with E-state index in [4.69, 9.17) is 22.6 Å². The number of hydrogen-bond donors (Lipinski definition) is 3. The minimum Gasteiger partial charge on any atom is -0.379 e. The van der Waals surface area contributed by atoms with Crippen molar-refractivity contribution < 1.29 is 22.6 Å². The minimum absolute atomic E-state index is 0.315. The average Bonchev–Trinajstić information content (AvgIpc) is 1.59. The second-order valence-corrected chi connectivity index (χ2v) is 2.94. The van der Waals surface area contributed by atoms with Crippen LogP contribution in [0, 0.1) is 0 Å². The zero-order valence-electron chi connectivity index (χ0n) is 6.59. The summed E-state index contributed by atoms with van der Waals surface area (Å²) in [4.78, 5) is 1.72. The summed E-state index contributed by atoms with van der Waals surface area (Å²) in [5.74, 6) is 0. The van der Waals surface area contributed by atoms with Crippen LogP contribution in [0.2, 0.25) is 0 Å². The Hall–Kier alpha value is -0.210. The van der Waals surface area contributed by atoms with Crippen molar-refractivity contribution >= 4 is 10.4 Å². The van der Waals surface area contributed by atoms with Crippen molar-refractivity contribution in [2.75, 3.05) is 14.1 Å². The van der Waals surface area contributed by atoms with Crippen molar-refractivity contribution in [1.29, 1.82) is 0 Å². The second-order valence-electron chi connectivity index (χ2n) is 2.04. The van der Waals surface area contributed by atoms with Crippen LogP contribution in [0.5, 0.6) is 0 Å². The first kappa shape index (κ1) is 13.4. The lowest BCUT2D eigenvalue weighted by molar-refractivity contribution is 0.0578. The molecule has 0 aliphatic rings. The molecule has 0 saturated heterocycles. The van der Waals surface area contributed by atoms with Crippen LogP contribution < -0.4 is 0 Å². The molecular weight excluding hydrogens is 174 g/mol. The maximum Gasteiger partial charge on any atom is 0.394 e. The lowest BCUT2D eigenvalue weighted by Crippen LogP contribution is -2.23. The first-order valence-corrected chi connectivity index (χ1v) is 4.08. The van der Waals surface area contributed by atoms with Gasteiger partial charge < -0.3 is 5.11 Å². The van der Waals surface area contributed by atoms with E-state index < -0.39 is 10.4 Å². The second kappa shape index (κ2) is 5.44. The Morgan fingerprint density at radius 2 is 1.36 bits per heavy atom. The Labute approximate surface area is 66.0 Å². The molecule has 0 spiro atoms. The van der Waals surface area contributed by atoms with Gasteiger partial charge in [0.2, 0.25) is 0 Å². The Morgan fingerprint density at radius 1 is 1.27 bits per heavy atom. The van der Waals surface area contributed by atoms with Gasteiger partial charge >= 0.3 is 10.4 Å². The van der Waals surface area contributed by atoms with Gasteiger partial charge in [0.15, 0.2) is 0 Å². The molecule has 0 radical (unpaired) electrons. The third-order valence-corrected chi connectivity index (χ3v) is 0.747. The Balaban J connectivity index is 0. The summed E-state index contributed by atoms with van der Waals surface area (Å²) in [7, 11) is -1.02. The highest BCUT2D eigenvalue weighted by atomic mass is 32.3. The maximum absolute atomic E-state index is 8.74. The highest BCUT2D eigenvalue weighted by Gasteiger charge is 1.92. The number of aliphatic hydroxyl groups excluding tert-OH is 1. The van der Waals surface area contributed by atoms with Gasteiger partial charge in [0, 0.05) is 0 Å². The van der Waals surface area contributed by atoms with Crippen molar-refractivity contribution in [1.82, 2.24) is 4.90 Å². The summed E-state index contributed by atoms with van der Waals surface area (Å²) < 4.78 is 31.6. The molecule has 0 rings (SSSR count). The van der Waals surface area contributed by atoms with Crippen LogP contribution in [-0.4, -0.2) is 47.9 Å². The molecule has 7 heteroatoms. The first-order valence-electron chi connectivity index (χ1n) is 2.69. The van der Waals surface area contributed by atoms with Crippen LogP contribution in [-0.2, 0) is 10.4 Å². The van der Waals surface area contributed by atoms with Crippen molar-refractivity contribution in [3.8, 4) is 0 Å². The molecule has 0 bridgehead atoms. The van der Waals surface area contributed by atoms with E-state index in [1.54, 1.807) is 11.8 Å². The van der Waals surface area contributed by atoms with Crippen molar-refractivity contribution in [2.45, 2.75) is 13.2 Å². The standard InChI is InChI=1S/C4H11NO.H2O4S/c1-4(6)5(2)3;1-5(2,3)4/h4,6H,1-3H3;(H2,1,2,3,4). The van der Waals surface area contributed by atoms with Crippen LogP contribution in [0.4, 0.5) is 0 Å². The van der Waals surface area contributed by atoms with Crippen LogP contribution in [0.25, 0.3) is 0 Å². The quantitative estimate of drug-likeness (QED) is 0.368. The largest absolute Gasteiger partial charge is 0.394 e. The molecule has 0 aromatic rings. The molecule has 0 aromatic heterocycles. The van der Waals surface area contributed by atoms with Gasteiger partial charge in [-0.1, -0.05) is 0 Å². The molecule has 0 amide bonds. The SMILES string of the molecule is CC(O)N(C)C.O=S(=O)(O)O. The summed E-state index contributed by atoms with van der Waals surface area (Å²) in [6, 6.07) is 0. The van der Waals surface area contributed by atoms with Gasteiger partial charge in [0.25, 0.3) is 0 Å². The predicted molar refractivity (Wildman–Crippen MR) is 39.5 cm³/mol. The number of nitrogens with zero attached hydrogens (tertiary/aromatic N) is 1. The molecule has 0 aromatic carbocycles. The molecule has 0 aliphatic carbocycles. The van der Waals surface area contributed by atoms with Crippen molar-refractivity contribution in [3.05, 3.63) is 0 Å². The van der Waals surface area contributed by atoms with Crippen LogP contribution in [0.3, 0.4) is 0 Å². The Morgan fingerprint density at radius 3 is 1.36 bits per heavy atom. The summed E-state index contributed by atoms with van der Waals surface area (Å²) in [5, 5.41) is 8.56. The van der Waals surface area contributed by atoms with Crippen molar-refractivity contribution in [3.63, 3.8) is 0 Å². The van der Waals surface area contributed by atoms with E-state index in [0.717, 1.165) is 0 Å². The molecule has 0 fully saturated rings. The number of hydrogen-bond acceptors (Lipinski definition) is 4. The fourth-order valence-corrected chi connectivity index (χ4v) is 0. The molecule has 1 unspecified atom stereocenters. The van der Waals surface area contributed by atoms with Crippen LogP contribution >= 0.6 is 0 Å². The van der Waals surface area contributed by atoms with E-state index in [9.17, 15) is 0 Å². The first-order chi connectivity index (χ1) is 4.64. The van der Waals surface area contributed by atoms with Gasteiger partial charge in [-0.05, 0) is 21.0 Å². The van der Waals surface area contributed by atoms with E-state index in [2.05, 4.69) is 0 Å². The molecule has 0 saturated carbocycles. The number of aliphatic hydroxyl groups is 1. The van der Waals surface area contributed by atoms with Gasteiger partial charge in [-0.2, -0.15) is 8.42 Å². The minimum atomic E-state index is -4.67. The van der Waals surface area contributed by atoms with E-state index in [0.29, 0.717) is 0 Å². The third kappa shape index (κ3) is 41.4. The summed E-state index contributed by atoms with van der Waals surface area (Å²) in [5.41, 5.74) is 0. The van der Waals surface area contributed by atoms with Gasteiger partial charge in [0.1, 0.15) is 6.23 Å². The van der Waals surface area contributed by atoms with E-state index in [1.165, 1.54) is 0 Å². The van der Waals surface area contributed by atoms with Crippen molar-refractivity contribution in [2.24, 2.45) is 0 Å². The lowest BCUT2D eigenvalue weighted by Gasteiger charge is -2.11. The fraction of sp³-hybridized carbons (Fsp3) is 1.00. The lowest BCUT2D eigenvalue weighted by atomic mass is 10.6. The van der Waals surface area contributed by atoms with Crippen LogP contribution in [0.1, 0.15) is 6.92 Å². The third-order valence-electron chi connectivity index (χ3n) is 0.747. The molecule has 1 atom stereocenters. The summed E-state index contributed by atoms with van der Waals surface area (Å²) >= 11 is 0. The number of rotatable bonds is 1. The highest BCUT2D eigenvalue weighted by Crippen LogP contribution is 1.79. The predicted octanol–water partition coefficient (Wildman–Crippen LogP) is -0.766. The van der Waals surface area contributed by atoms with Gasteiger partial charge in [-0.25, -0.2) is 0 Å². The molecule has 0 heterocycles. The van der Waals surface area contributed by atoms with Gasteiger partial charge in [-0.3, -0.25) is 14.0 Å². The zero-order chi connectivity index (χ0) is 9.65. The normalized spacial score (nSPS) is 13.7. The fourth-order valence-electron chi connectivity index (χ4n) is 0. The summed E-state index contributed by atoms with van der Waals surface area (Å²) in [6.45, 7) is 1.72. The molecule has 0 aliphatic heterocycles. The molecule has 70 valence electrons. The van der Waals surface area contributed by atoms with E-state index in [1.807, 2.05) is 14.1 Å². The Kier molecular flexibility index (Phi) is 6.62. The highest BCUT2D eigenvalue weighted by molar-refractivity contribution is 7.79. The molecule has 6 nitrogen and oxygen atoms in total. The Bertz CT molecular complexity index is 159.